The van der Waals surface area contributed by atoms with Crippen molar-refractivity contribution in [3.63, 3.8) is 0 Å². The second-order valence-corrected chi connectivity index (χ2v) is 5.36. The number of anilines is 1. The van der Waals surface area contributed by atoms with Gasteiger partial charge in [-0.1, -0.05) is 24.3 Å². The first-order valence-electron chi connectivity index (χ1n) is 7.58. The summed E-state index contributed by atoms with van der Waals surface area (Å²) in [5, 5.41) is 10.4. The number of benzene rings is 2. The Morgan fingerprint density at radius 1 is 1.12 bits per heavy atom. The lowest BCUT2D eigenvalue weighted by molar-refractivity contribution is -0.145. The van der Waals surface area contributed by atoms with Crippen molar-refractivity contribution < 1.29 is 29.0 Å². The average molecular weight is 341 g/mol. The number of phenols is 1. The minimum atomic E-state index is -0.633. The summed E-state index contributed by atoms with van der Waals surface area (Å²) in [5.74, 6) is -2.30. The van der Waals surface area contributed by atoms with Crippen LogP contribution in [-0.2, 0) is 9.53 Å². The second kappa shape index (κ2) is 6.27. The lowest BCUT2D eigenvalue weighted by Gasteiger charge is -2.21. The van der Waals surface area contributed by atoms with Crippen molar-refractivity contribution in [3.05, 3.63) is 52.6 Å². The minimum absolute atomic E-state index is 0.0143. The fourth-order valence-corrected chi connectivity index (χ4v) is 2.73. The Morgan fingerprint density at radius 2 is 1.72 bits per heavy atom. The average Bonchev–Trinajstić information content (AvgIpc) is 2.60. The fourth-order valence-electron chi connectivity index (χ4n) is 2.73. The zero-order chi connectivity index (χ0) is 18.1. The molecule has 0 unspecified atom stereocenters. The molecule has 0 amide bonds. The van der Waals surface area contributed by atoms with Gasteiger partial charge in [-0.05, 0) is 6.92 Å². The summed E-state index contributed by atoms with van der Waals surface area (Å²) < 4.78 is 9.93. The topological polar surface area (TPSA) is 116 Å². The van der Waals surface area contributed by atoms with Crippen LogP contribution in [0.3, 0.4) is 0 Å². The maximum absolute atomic E-state index is 12.7. The Balaban J connectivity index is 2.06. The second-order valence-electron chi connectivity index (χ2n) is 5.36. The maximum Gasteiger partial charge on any atom is 0.344 e. The van der Waals surface area contributed by atoms with Gasteiger partial charge in [0.05, 0.1) is 17.7 Å². The van der Waals surface area contributed by atoms with Crippen LogP contribution in [0.15, 0.2) is 30.3 Å². The fraction of sp³-hybridized carbons (Fsp3) is 0.167. The van der Waals surface area contributed by atoms with E-state index < -0.39 is 29.9 Å². The summed E-state index contributed by atoms with van der Waals surface area (Å²) in [4.78, 5) is 36.7. The highest BCUT2D eigenvalue weighted by Crippen LogP contribution is 2.41. The summed E-state index contributed by atoms with van der Waals surface area (Å²) >= 11 is 0. The third-order valence-electron chi connectivity index (χ3n) is 3.82. The van der Waals surface area contributed by atoms with Crippen molar-refractivity contribution in [2.24, 2.45) is 0 Å². The highest BCUT2D eigenvalue weighted by molar-refractivity contribution is 6.31. The molecule has 0 saturated carbocycles. The van der Waals surface area contributed by atoms with E-state index >= 15 is 0 Å². The first-order chi connectivity index (χ1) is 12.0. The molecule has 0 bridgehead atoms. The zero-order valence-corrected chi connectivity index (χ0v) is 13.4. The van der Waals surface area contributed by atoms with Gasteiger partial charge in [0.1, 0.15) is 0 Å². The number of fused-ring (bicyclic) bond motifs is 2. The lowest BCUT2D eigenvalue weighted by Crippen LogP contribution is -2.23. The molecule has 0 fully saturated rings. The van der Waals surface area contributed by atoms with Crippen molar-refractivity contribution in [3.8, 4) is 11.5 Å². The summed E-state index contributed by atoms with van der Waals surface area (Å²) in [6.45, 7) is 1.37. The van der Waals surface area contributed by atoms with Crippen LogP contribution in [0.1, 0.15) is 38.8 Å². The van der Waals surface area contributed by atoms with E-state index in [-0.39, 0.29) is 40.3 Å². The molecule has 0 aliphatic heterocycles. The molecule has 3 N–H and O–H groups in total. The predicted octanol–water partition coefficient (Wildman–Crippen LogP) is 1.69. The Bertz CT molecular complexity index is 903. The molecule has 0 heterocycles. The third kappa shape index (κ3) is 2.69. The number of nitrogen functional groups attached to an aromatic ring is 1. The number of aromatic hydroxyl groups is 1. The number of carbonyl (C=O) groups excluding carboxylic acids is 3. The van der Waals surface area contributed by atoms with Crippen LogP contribution >= 0.6 is 0 Å². The summed E-state index contributed by atoms with van der Waals surface area (Å²) in [5.41, 5.74) is 6.01. The quantitative estimate of drug-likeness (QED) is 0.421. The molecule has 0 atom stereocenters. The Morgan fingerprint density at radius 3 is 2.32 bits per heavy atom. The lowest BCUT2D eigenvalue weighted by atomic mass is 9.82. The molecule has 1 aliphatic rings. The SMILES string of the molecule is CCOC(=O)COc1cc(N)c2c(c1O)C(=O)c1ccccc1C2=O. The number of rotatable bonds is 4. The number of nitrogens with two attached hydrogens (primary N) is 1. The molecule has 128 valence electrons. The first kappa shape index (κ1) is 16.5. The Labute approximate surface area is 143 Å². The molecule has 2 aromatic carbocycles. The van der Waals surface area contributed by atoms with Gasteiger partial charge in [-0.2, -0.15) is 0 Å². The maximum atomic E-state index is 12.7. The van der Waals surface area contributed by atoms with Crippen LogP contribution in [0.2, 0.25) is 0 Å². The van der Waals surface area contributed by atoms with Gasteiger partial charge < -0.3 is 20.3 Å². The van der Waals surface area contributed by atoms with Crippen LogP contribution in [0.4, 0.5) is 5.69 Å². The highest BCUT2D eigenvalue weighted by atomic mass is 16.6. The number of hydrogen-bond acceptors (Lipinski definition) is 7. The van der Waals surface area contributed by atoms with Crippen LogP contribution < -0.4 is 10.5 Å². The number of carbonyl (C=O) groups is 3. The van der Waals surface area contributed by atoms with Crippen molar-refractivity contribution in [1.29, 1.82) is 0 Å². The van der Waals surface area contributed by atoms with Gasteiger partial charge in [0.2, 0.25) is 0 Å². The molecular weight excluding hydrogens is 326 g/mol. The van der Waals surface area contributed by atoms with Gasteiger partial charge in [0, 0.05) is 22.9 Å². The summed E-state index contributed by atoms with van der Waals surface area (Å²) in [6, 6.07) is 7.51. The largest absolute Gasteiger partial charge is 0.504 e. The normalized spacial score (nSPS) is 12.4. The van der Waals surface area contributed by atoms with Crippen LogP contribution in [0.25, 0.3) is 0 Å². The van der Waals surface area contributed by atoms with Crippen molar-refractivity contribution in [2.45, 2.75) is 6.92 Å². The Hall–Kier alpha value is -3.35. The van der Waals surface area contributed by atoms with E-state index in [1.165, 1.54) is 18.2 Å². The van der Waals surface area contributed by atoms with E-state index in [9.17, 15) is 19.5 Å². The van der Waals surface area contributed by atoms with Crippen molar-refractivity contribution in [2.75, 3.05) is 18.9 Å². The number of hydrogen-bond donors (Lipinski definition) is 2. The van der Waals surface area contributed by atoms with Crippen LogP contribution in [0.5, 0.6) is 11.5 Å². The number of ketones is 2. The summed E-state index contributed by atoms with van der Waals surface area (Å²) in [7, 11) is 0. The molecule has 25 heavy (non-hydrogen) atoms. The highest BCUT2D eigenvalue weighted by Gasteiger charge is 2.35. The molecule has 0 radical (unpaired) electrons. The smallest absolute Gasteiger partial charge is 0.344 e. The summed E-state index contributed by atoms with van der Waals surface area (Å²) in [6.07, 6.45) is 0. The molecule has 0 saturated heterocycles. The molecule has 0 aromatic heterocycles. The van der Waals surface area contributed by atoms with Gasteiger partial charge in [0.15, 0.2) is 29.7 Å². The van der Waals surface area contributed by atoms with Crippen LogP contribution in [0, 0.1) is 0 Å². The van der Waals surface area contributed by atoms with Gasteiger partial charge in [-0.25, -0.2) is 4.79 Å². The number of phenolic OH excluding ortho intramolecular Hbond substituents is 1. The molecule has 7 heteroatoms. The molecular formula is C18H15NO6. The van der Waals surface area contributed by atoms with Crippen molar-refractivity contribution >= 4 is 23.2 Å². The van der Waals surface area contributed by atoms with E-state index in [2.05, 4.69) is 0 Å². The van der Waals surface area contributed by atoms with Gasteiger partial charge >= 0.3 is 5.97 Å². The van der Waals surface area contributed by atoms with Gasteiger partial charge in [-0.3, -0.25) is 9.59 Å². The Kier molecular flexibility index (Phi) is 4.14. The minimum Gasteiger partial charge on any atom is -0.504 e. The van der Waals surface area contributed by atoms with Gasteiger partial charge in [-0.15, -0.1) is 0 Å². The molecule has 2 aromatic rings. The van der Waals surface area contributed by atoms with Gasteiger partial charge in [0.25, 0.3) is 0 Å². The van der Waals surface area contributed by atoms with Crippen molar-refractivity contribution in [1.82, 2.24) is 0 Å². The molecule has 7 nitrogen and oxygen atoms in total. The standard InChI is InChI=1S/C18H15NO6/c1-2-24-13(20)8-25-12-7-11(19)14-15(18(12)23)17(22)10-6-4-3-5-9(10)16(14)21/h3-7,23H,2,8,19H2,1H3. The van der Waals surface area contributed by atoms with E-state index in [1.54, 1.807) is 19.1 Å². The third-order valence-corrected chi connectivity index (χ3v) is 3.82. The number of esters is 1. The van der Waals surface area contributed by atoms with E-state index in [4.69, 9.17) is 15.2 Å². The molecule has 1 aliphatic carbocycles. The molecule has 0 spiro atoms. The first-order valence-corrected chi connectivity index (χ1v) is 7.58. The predicted molar refractivity (Wildman–Crippen MR) is 88.0 cm³/mol. The number of ether oxygens (including phenoxy) is 2. The zero-order valence-electron chi connectivity index (χ0n) is 13.4. The van der Waals surface area contributed by atoms with E-state index in [1.807, 2.05) is 0 Å². The van der Waals surface area contributed by atoms with E-state index in [0.717, 1.165) is 0 Å². The molecule has 3 rings (SSSR count). The van der Waals surface area contributed by atoms with E-state index in [0.29, 0.717) is 0 Å². The van der Waals surface area contributed by atoms with Crippen LogP contribution in [-0.4, -0.2) is 35.9 Å². The monoisotopic (exact) mass is 341 g/mol.